The highest BCUT2D eigenvalue weighted by Gasteiger charge is 2.43. The van der Waals surface area contributed by atoms with Gasteiger partial charge < -0.3 is 10.1 Å². The first-order chi connectivity index (χ1) is 14.4. The van der Waals surface area contributed by atoms with Crippen molar-refractivity contribution in [2.24, 2.45) is 0 Å². The Labute approximate surface area is 175 Å². The lowest BCUT2D eigenvalue weighted by Crippen LogP contribution is -2.46. The van der Waals surface area contributed by atoms with Crippen LogP contribution in [0.5, 0.6) is 0 Å². The molecule has 7 nitrogen and oxygen atoms in total. The smallest absolute Gasteiger partial charge is 0.329 e. The van der Waals surface area contributed by atoms with Gasteiger partial charge in [-0.2, -0.15) is 0 Å². The Morgan fingerprint density at radius 1 is 1.00 bits per heavy atom. The summed E-state index contributed by atoms with van der Waals surface area (Å²) in [4.78, 5) is 51.4. The number of hydrogen-bond acceptors (Lipinski definition) is 5. The van der Waals surface area contributed by atoms with E-state index in [1.54, 1.807) is 36.4 Å². The van der Waals surface area contributed by atoms with Gasteiger partial charge in [-0.3, -0.25) is 19.3 Å². The number of anilines is 1. The summed E-state index contributed by atoms with van der Waals surface area (Å²) < 4.78 is 5.19. The fourth-order valence-corrected chi connectivity index (χ4v) is 3.37. The zero-order chi connectivity index (χ0) is 21.7. The van der Waals surface area contributed by atoms with Crippen molar-refractivity contribution in [1.29, 1.82) is 0 Å². The third-order valence-corrected chi connectivity index (χ3v) is 5.01. The van der Waals surface area contributed by atoms with Crippen LogP contribution in [0.25, 0.3) is 0 Å². The fraction of sp³-hybridized carbons (Fsp3) is 0.304. The van der Waals surface area contributed by atoms with E-state index in [0.717, 1.165) is 16.9 Å². The molecule has 7 heteroatoms. The highest BCUT2D eigenvalue weighted by Crippen LogP contribution is 2.27. The molecule has 0 radical (unpaired) electrons. The molecule has 0 saturated carbocycles. The number of nitrogens with one attached hydrogen (secondary N) is 1. The van der Waals surface area contributed by atoms with Gasteiger partial charge in [-0.15, -0.1) is 0 Å². The normalized spacial score (nSPS) is 13.7. The van der Waals surface area contributed by atoms with Gasteiger partial charge in [0, 0.05) is 5.69 Å². The van der Waals surface area contributed by atoms with Gasteiger partial charge >= 0.3 is 5.97 Å². The second-order valence-electron chi connectivity index (χ2n) is 7.15. The zero-order valence-corrected chi connectivity index (χ0v) is 17.0. The Bertz CT molecular complexity index is 950. The molecule has 1 heterocycles. The molecule has 1 aliphatic rings. The van der Waals surface area contributed by atoms with E-state index in [0.29, 0.717) is 12.1 Å². The molecule has 1 atom stereocenters. The Hall–Kier alpha value is -3.48. The monoisotopic (exact) mass is 408 g/mol. The van der Waals surface area contributed by atoms with Crippen LogP contribution in [0.3, 0.4) is 0 Å². The number of aryl methyl sites for hydroxylation is 1. The maximum absolute atomic E-state index is 12.8. The van der Waals surface area contributed by atoms with E-state index in [1.165, 1.54) is 0 Å². The Morgan fingerprint density at radius 2 is 1.60 bits per heavy atom. The molecule has 2 aromatic rings. The number of unbranched alkanes of at least 4 members (excludes halogenated alkanes) is 1. The number of para-hydroxylation sites is 1. The number of nitrogens with zero attached hydrogens (tertiary/aromatic N) is 1. The number of amides is 3. The Balaban J connectivity index is 1.69. The van der Waals surface area contributed by atoms with Crippen LogP contribution in [0.2, 0.25) is 0 Å². The first-order valence-corrected chi connectivity index (χ1v) is 9.93. The predicted molar refractivity (Wildman–Crippen MR) is 111 cm³/mol. The summed E-state index contributed by atoms with van der Waals surface area (Å²) in [6.45, 7) is 3.30. The molecule has 3 rings (SSSR count). The molecule has 30 heavy (non-hydrogen) atoms. The first-order valence-electron chi connectivity index (χ1n) is 9.93. The van der Waals surface area contributed by atoms with Crippen molar-refractivity contribution in [2.75, 3.05) is 11.9 Å². The van der Waals surface area contributed by atoms with Crippen molar-refractivity contribution in [3.63, 3.8) is 0 Å². The van der Waals surface area contributed by atoms with Crippen molar-refractivity contribution in [2.45, 2.75) is 39.2 Å². The standard InChI is InChI=1S/C23H24N2O5/c1-3-4-13-19(25-21(27)16-10-6-7-11-17(16)22(25)28)23(29)30-14-20(26)24-18-12-8-5-9-15(18)2/h5-12,19H,3-4,13-14H2,1-2H3,(H,24,26)/t19-/m1/s1. The van der Waals surface area contributed by atoms with Crippen molar-refractivity contribution in [3.05, 3.63) is 65.2 Å². The van der Waals surface area contributed by atoms with Crippen molar-refractivity contribution in [3.8, 4) is 0 Å². The fourth-order valence-electron chi connectivity index (χ4n) is 3.37. The average Bonchev–Trinajstić information content (AvgIpc) is 2.99. The summed E-state index contributed by atoms with van der Waals surface area (Å²) in [5.41, 5.74) is 2.05. The number of hydrogen-bond donors (Lipinski definition) is 1. The number of fused-ring (bicyclic) bond motifs is 1. The third-order valence-electron chi connectivity index (χ3n) is 5.01. The minimum atomic E-state index is -1.07. The SMILES string of the molecule is CCCC[C@H](C(=O)OCC(=O)Nc1ccccc1C)N1C(=O)c2ccccc2C1=O. The second-order valence-corrected chi connectivity index (χ2v) is 7.15. The molecule has 0 aliphatic carbocycles. The topological polar surface area (TPSA) is 92.8 Å². The minimum Gasteiger partial charge on any atom is -0.454 e. The van der Waals surface area contributed by atoms with Gasteiger partial charge in [-0.05, 0) is 37.1 Å². The van der Waals surface area contributed by atoms with E-state index in [1.807, 2.05) is 26.0 Å². The number of carbonyl (C=O) groups is 4. The van der Waals surface area contributed by atoms with Crippen molar-refractivity contribution < 1.29 is 23.9 Å². The van der Waals surface area contributed by atoms with Crippen LogP contribution in [0.1, 0.15) is 52.5 Å². The molecule has 0 bridgehead atoms. The molecule has 0 fully saturated rings. The van der Waals surface area contributed by atoms with Crippen molar-refractivity contribution >= 4 is 29.4 Å². The number of benzene rings is 2. The maximum atomic E-state index is 12.8. The van der Waals surface area contributed by atoms with Crippen LogP contribution in [0.4, 0.5) is 5.69 Å². The third kappa shape index (κ3) is 4.40. The summed E-state index contributed by atoms with van der Waals surface area (Å²) in [6.07, 6.45) is 1.68. The van der Waals surface area contributed by atoms with Crippen LogP contribution in [-0.2, 0) is 14.3 Å². The highest BCUT2D eigenvalue weighted by atomic mass is 16.5. The zero-order valence-electron chi connectivity index (χ0n) is 17.0. The lowest BCUT2D eigenvalue weighted by atomic mass is 10.1. The number of carbonyl (C=O) groups excluding carboxylic acids is 4. The average molecular weight is 408 g/mol. The Morgan fingerprint density at radius 3 is 2.20 bits per heavy atom. The predicted octanol–water partition coefficient (Wildman–Crippen LogP) is 3.33. The van der Waals surface area contributed by atoms with Gasteiger partial charge in [0.25, 0.3) is 17.7 Å². The summed E-state index contributed by atoms with van der Waals surface area (Å²) >= 11 is 0. The summed E-state index contributed by atoms with van der Waals surface area (Å²) in [5, 5.41) is 2.69. The molecule has 0 aromatic heterocycles. The number of esters is 1. The van der Waals surface area contributed by atoms with Gasteiger partial charge in [0.15, 0.2) is 6.61 Å². The van der Waals surface area contributed by atoms with E-state index in [4.69, 9.17) is 4.74 Å². The number of ether oxygens (including phenoxy) is 1. The molecule has 156 valence electrons. The van der Waals surface area contributed by atoms with Gasteiger partial charge in [0.05, 0.1) is 11.1 Å². The van der Waals surface area contributed by atoms with E-state index in [-0.39, 0.29) is 17.5 Å². The van der Waals surface area contributed by atoms with Gasteiger partial charge in [-0.25, -0.2) is 4.79 Å². The Kier molecular flexibility index (Phi) is 6.61. The molecule has 0 unspecified atom stereocenters. The second kappa shape index (κ2) is 9.35. The van der Waals surface area contributed by atoms with E-state index in [2.05, 4.69) is 5.32 Å². The molecule has 0 saturated heterocycles. The van der Waals surface area contributed by atoms with Gasteiger partial charge in [-0.1, -0.05) is 50.1 Å². The van der Waals surface area contributed by atoms with E-state index >= 15 is 0 Å². The van der Waals surface area contributed by atoms with Crippen LogP contribution in [0, 0.1) is 6.92 Å². The lowest BCUT2D eigenvalue weighted by Gasteiger charge is -2.24. The number of imide groups is 1. The lowest BCUT2D eigenvalue weighted by molar-refractivity contribution is -0.151. The highest BCUT2D eigenvalue weighted by molar-refractivity contribution is 6.22. The van der Waals surface area contributed by atoms with Crippen LogP contribution in [-0.4, -0.2) is 41.2 Å². The van der Waals surface area contributed by atoms with Crippen LogP contribution in [0.15, 0.2) is 48.5 Å². The molecular weight excluding hydrogens is 384 g/mol. The first kappa shape index (κ1) is 21.2. The molecular formula is C23H24N2O5. The van der Waals surface area contributed by atoms with Crippen molar-refractivity contribution in [1.82, 2.24) is 4.90 Å². The van der Waals surface area contributed by atoms with Crippen LogP contribution >= 0.6 is 0 Å². The summed E-state index contributed by atoms with van der Waals surface area (Å²) in [6, 6.07) is 12.6. The maximum Gasteiger partial charge on any atom is 0.329 e. The largest absolute Gasteiger partial charge is 0.454 e. The number of rotatable bonds is 8. The molecule has 1 aliphatic heterocycles. The van der Waals surface area contributed by atoms with Gasteiger partial charge in [0.1, 0.15) is 6.04 Å². The molecule has 1 N–H and O–H groups in total. The van der Waals surface area contributed by atoms with E-state index in [9.17, 15) is 19.2 Å². The van der Waals surface area contributed by atoms with Gasteiger partial charge in [0.2, 0.25) is 0 Å². The molecule has 0 spiro atoms. The summed E-state index contributed by atoms with van der Waals surface area (Å²) in [7, 11) is 0. The van der Waals surface area contributed by atoms with E-state index < -0.39 is 36.3 Å². The van der Waals surface area contributed by atoms with Crippen LogP contribution < -0.4 is 5.32 Å². The minimum absolute atomic E-state index is 0.272. The summed E-state index contributed by atoms with van der Waals surface area (Å²) in [5.74, 6) is -2.29. The molecule has 2 aromatic carbocycles. The quantitative estimate of drug-likeness (QED) is 0.534. The molecule has 3 amide bonds.